The van der Waals surface area contributed by atoms with Crippen LogP contribution in [0.4, 0.5) is 5.69 Å². The first-order valence-corrected chi connectivity index (χ1v) is 7.43. The first kappa shape index (κ1) is 9.02. The van der Waals surface area contributed by atoms with E-state index in [2.05, 4.69) is 6.92 Å². The Hall–Kier alpha value is -1.02. The Morgan fingerprint density at radius 1 is 1.32 bits per heavy atom. The highest BCUT2D eigenvalue weighted by atomic mass is 15.4. The summed E-state index contributed by atoms with van der Waals surface area (Å²) in [4.78, 5) is 1.97. The lowest BCUT2D eigenvalue weighted by Gasteiger charge is -2.31. The molecule has 1 heterocycles. The van der Waals surface area contributed by atoms with E-state index in [1.165, 1.54) is 18.2 Å². The van der Waals surface area contributed by atoms with Gasteiger partial charge in [0.05, 0.1) is 6.17 Å². The maximum Gasteiger partial charge on any atom is 0.125 e. The number of rotatable bonds is 2. The van der Waals surface area contributed by atoms with E-state index in [1.54, 1.807) is 0 Å². The predicted octanol–water partition coefficient (Wildman–Crippen LogP) is 3.70. The normalized spacial score (nSPS) is 36.9. The molecule has 0 aromatic heterocycles. The van der Waals surface area contributed by atoms with Crippen molar-refractivity contribution in [1.29, 1.82) is 0 Å². The zero-order valence-corrected chi connectivity index (χ0v) is 11.8. The van der Waals surface area contributed by atoms with Crippen molar-refractivity contribution in [3.8, 4) is 0 Å². The lowest BCUT2D eigenvalue weighted by Crippen LogP contribution is -2.38. The average molecular weight is 262 g/mol. The molecule has 2 heteroatoms. The molecule has 2 fully saturated rings. The fraction of sp³-hybridized carbons (Fsp3) is 0.647. The molecular formula is C17H26N2. The van der Waals surface area contributed by atoms with E-state index >= 15 is 0 Å². The molecule has 2 aliphatic rings. The summed E-state index contributed by atoms with van der Waals surface area (Å²) >= 11 is 0. The maximum absolute atomic E-state index is 8.58. The number of hydrogen-bond donors (Lipinski definition) is 1. The quantitative estimate of drug-likeness (QED) is 0.874. The lowest BCUT2D eigenvalue weighted by molar-refractivity contribution is 0.369. The number of nitrogens with one attached hydrogen (secondary N) is 1. The van der Waals surface area contributed by atoms with E-state index in [1.807, 2.05) is 36.1 Å². The zero-order valence-electron chi connectivity index (χ0n) is 15.8. The van der Waals surface area contributed by atoms with Crippen molar-refractivity contribution in [3.63, 3.8) is 0 Å². The van der Waals surface area contributed by atoms with Crippen molar-refractivity contribution in [2.75, 3.05) is 4.90 Å². The molecule has 19 heavy (non-hydrogen) atoms. The van der Waals surface area contributed by atoms with Gasteiger partial charge in [0.2, 0.25) is 0 Å². The summed E-state index contributed by atoms with van der Waals surface area (Å²) in [5.41, 5.74) is 2.01. The van der Waals surface area contributed by atoms with Crippen molar-refractivity contribution in [2.45, 2.75) is 64.6 Å². The molecule has 2 nitrogen and oxygen atoms in total. The Balaban J connectivity index is 2.02. The Bertz CT molecular complexity index is 554. The van der Waals surface area contributed by atoms with Gasteiger partial charge in [0.1, 0.15) is 1.41 Å². The van der Waals surface area contributed by atoms with Crippen LogP contribution in [0.1, 0.15) is 49.1 Å². The van der Waals surface area contributed by atoms with Crippen LogP contribution in [0.2, 0.25) is 1.41 Å². The van der Waals surface area contributed by atoms with Crippen LogP contribution in [0.15, 0.2) is 24.3 Å². The minimum absolute atomic E-state index is 0.0115. The number of benzene rings is 1. The highest BCUT2D eigenvalue weighted by molar-refractivity contribution is 5.55. The molecule has 0 spiro atoms. The highest BCUT2D eigenvalue weighted by Gasteiger charge is 2.40. The summed E-state index contributed by atoms with van der Waals surface area (Å²) in [7, 11) is 0. The molecule has 1 saturated heterocycles. The third-order valence-corrected chi connectivity index (χ3v) is 4.79. The Morgan fingerprint density at radius 2 is 2.05 bits per heavy atom. The van der Waals surface area contributed by atoms with Crippen molar-refractivity contribution in [3.05, 3.63) is 29.8 Å². The monoisotopic (exact) mass is 262 g/mol. The molecule has 1 aliphatic carbocycles. The van der Waals surface area contributed by atoms with Crippen molar-refractivity contribution >= 4 is 5.69 Å². The van der Waals surface area contributed by atoms with E-state index in [0.29, 0.717) is 5.92 Å². The van der Waals surface area contributed by atoms with Crippen LogP contribution < -0.4 is 10.2 Å². The number of hydrogen-bond acceptors (Lipinski definition) is 2. The fourth-order valence-electron chi connectivity index (χ4n) is 3.77. The molecule has 1 aromatic rings. The first-order valence-electron chi connectivity index (χ1n) is 9.38. The summed E-state index contributed by atoms with van der Waals surface area (Å²) in [6.07, 6.45) is 3.75. The van der Waals surface area contributed by atoms with Gasteiger partial charge in [-0.15, -0.1) is 0 Å². The summed E-state index contributed by atoms with van der Waals surface area (Å²) < 4.78 is 32.6. The molecule has 1 N–H and O–H groups in total. The molecule has 0 amide bonds. The summed E-state index contributed by atoms with van der Waals surface area (Å²) in [5, 5.41) is 1.39. The second-order valence-electron chi connectivity index (χ2n) is 5.99. The number of para-hydroxylation sites is 1. The van der Waals surface area contributed by atoms with Gasteiger partial charge in [0.15, 0.2) is 0 Å². The molecule has 0 bridgehead atoms. The summed E-state index contributed by atoms with van der Waals surface area (Å²) in [6.45, 7) is 1.89. The van der Waals surface area contributed by atoms with Gasteiger partial charge >= 0.3 is 0 Å². The van der Waals surface area contributed by atoms with Crippen molar-refractivity contribution < 1.29 is 5.52 Å². The molecule has 3 atom stereocenters. The average Bonchev–Trinajstić information content (AvgIpc) is 3.05. The zero-order chi connectivity index (χ0) is 16.8. The second-order valence-corrected chi connectivity index (χ2v) is 5.99. The van der Waals surface area contributed by atoms with Crippen molar-refractivity contribution in [2.24, 2.45) is 5.92 Å². The van der Waals surface area contributed by atoms with E-state index in [0.717, 1.165) is 24.1 Å². The van der Waals surface area contributed by atoms with Crippen molar-refractivity contribution in [1.82, 2.24) is 5.31 Å². The van der Waals surface area contributed by atoms with E-state index in [4.69, 9.17) is 5.52 Å². The van der Waals surface area contributed by atoms with Crippen LogP contribution in [0.3, 0.4) is 0 Å². The smallest absolute Gasteiger partial charge is 0.125 e. The van der Waals surface area contributed by atoms with E-state index in [-0.39, 0.29) is 12.1 Å². The third kappa shape index (κ3) is 2.27. The third-order valence-electron chi connectivity index (χ3n) is 4.79. The van der Waals surface area contributed by atoms with Gasteiger partial charge in [-0.3, -0.25) is 5.31 Å². The highest BCUT2D eigenvalue weighted by Crippen LogP contribution is 2.36. The minimum atomic E-state index is -2.20. The van der Waals surface area contributed by atoms with Crippen LogP contribution in [-0.2, 0) is 0 Å². The van der Waals surface area contributed by atoms with Crippen LogP contribution in [0, 0.1) is 12.8 Å². The predicted molar refractivity (Wildman–Crippen MR) is 81.5 cm³/mol. The van der Waals surface area contributed by atoms with Gasteiger partial charge in [-0.2, -0.15) is 0 Å². The Kier molecular flexibility index (Phi) is 2.45. The molecule has 0 radical (unpaired) electrons. The lowest BCUT2D eigenvalue weighted by atomic mass is 9.93. The van der Waals surface area contributed by atoms with Gasteiger partial charge in [-0.25, -0.2) is 0 Å². The van der Waals surface area contributed by atoms with Gasteiger partial charge in [-0.05, 0) is 51.1 Å². The van der Waals surface area contributed by atoms with Gasteiger partial charge in [0, 0.05) is 21.9 Å². The maximum atomic E-state index is 8.58. The molecule has 1 aromatic carbocycles. The molecular weight excluding hydrogens is 232 g/mol. The van der Waals surface area contributed by atoms with Crippen LogP contribution in [0.25, 0.3) is 0 Å². The second kappa shape index (κ2) is 5.16. The number of anilines is 1. The molecule has 104 valence electrons. The van der Waals surface area contributed by atoms with Gasteiger partial charge in [-0.1, -0.05) is 31.0 Å². The van der Waals surface area contributed by atoms with Crippen LogP contribution in [-0.4, -0.2) is 18.2 Å². The SMILES string of the molecule is [2H]N1C(C2CCCC2)[C@H](C)N(c2ccccc2C)C1C([2H])([2H])[2H]. The van der Waals surface area contributed by atoms with E-state index < -0.39 is 13.0 Å². The summed E-state index contributed by atoms with van der Waals surface area (Å²) in [5.74, 6) is 0.432. The van der Waals surface area contributed by atoms with E-state index in [9.17, 15) is 0 Å². The largest absolute Gasteiger partial charge is 0.352 e. The molecule has 3 rings (SSSR count). The molecule has 2 unspecified atom stereocenters. The standard InChI is InChI=1S/C17H26N2/c1-12-8-4-7-11-16(12)19-13(2)17(18-14(19)3)15-9-5-6-10-15/h4,7-8,11,13-15,17-18H,5-6,9-10H2,1-3H3/t13-,14?,17?/m0/s1/i3D3/hD. The topological polar surface area (TPSA) is 15.3 Å². The number of nitrogens with zero attached hydrogens (tertiary/aromatic N) is 1. The van der Waals surface area contributed by atoms with Gasteiger partial charge in [0.25, 0.3) is 0 Å². The van der Waals surface area contributed by atoms with Gasteiger partial charge < -0.3 is 4.90 Å². The summed E-state index contributed by atoms with van der Waals surface area (Å²) in [6, 6.07) is 7.93. The molecule has 1 saturated carbocycles. The Labute approximate surface area is 122 Å². The van der Waals surface area contributed by atoms with Crippen LogP contribution >= 0.6 is 0 Å². The minimum Gasteiger partial charge on any atom is -0.352 e. The molecule has 1 aliphatic heterocycles. The number of aryl methyl sites for hydroxylation is 1. The first-order chi connectivity index (χ1) is 10.8. The van der Waals surface area contributed by atoms with Crippen LogP contribution in [0.5, 0.6) is 0 Å². The Morgan fingerprint density at radius 3 is 2.74 bits per heavy atom. The fourth-order valence-corrected chi connectivity index (χ4v) is 3.77.